The number of morpholine rings is 1. The molecule has 27 heavy (non-hydrogen) atoms. The number of nitrogen functional groups attached to an aromatic ring is 1. The van der Waals surface area contributed by atoms with Crippen molar-refractivity contribution in [3.05, 3.63) is 11.3 Å². The molecule has 0 amide bonds. The summed E-state index contributed by atoms with van der Waals surface area (Å²) in [5.74, 6) is 1.26. The van der Waals surface area contributed by atoms with Gasteiger partial charge in [0.15, 0.2) is 0 Å². The van der Waals surface area contributed by atoms with Crippen LogP contribution in [0.5, 0.6) is 0 Å². The first-order valence-corrected chi connectivity index (χ1v) is 10.3. The van der Waals surface area contributed by atoms with Crippen LogP contribution in [0.4, 0.5) is 11.8 Å². The van der Waals surface area contributed by atoms with Crippen LogP contribution in [0.3, 0.4) is 0 Å². The largest absolute Gasteiger partial charge is 0.379 e. The second-order valence-electron chi connectivity index (χ2n) is 8.36. The second-order valence-corrected chi connectivity index (χ2v) is 8.36. The molecule has 0 saturated carbocycles. The van der Waals surface area contributed by atoms with Gasteiger partial charge >= 0.3 is 0 Å². The Hall–Kier alpha value is -1.44. The van der Waals surface area contributed by atoms with Crippen LogP contribution in [-0.4, -0.2) is 66.3 Å². The van der Waals surface area contributed by atoms with Crippen molar-refractivity contribution in [3.8, 4) is 0 Å². The number of anilines is 2. The predicted molar refractivity (Wildman–Crippen MR) is 112 cm³/mol. The molecular weight excluding hydrogens is 340 g/mol. The Kier molecular flexibility index (Phi) is 8.73. The van der Waals surface area contributed by atoms with Crippen molar-refractivity contribution in [2.24, 2.45) is 0 Å². The molecule has 1 aliphatic rings. The van der Waals surface area contributed by atoms with Crippen LogP contribution in [0, 0.1) is 6.92 Å². The van der Waals surface area contributed by atoms with Crippen LogP contribution in [0.2, 0.25) is 0 Å². The molecular formula is C20H38N6O. The number of aromatic nitrogens is 2. The van der Waals surface area contributed by atoms with Gasteiger partial charge in [-0.1, -0.05) is 0 Å². The van der Waals surface area contributed by atoms with E-state index in [1.807, 2.05) is 6.92 Å². The predicted octanol–water partition coefficient (Wildman–Crippen LogP) is 2.21. The van der Waals surface area contributed by atoms with E-state index in [-0.39, 0.29) is 5.54 Å². The van der Waals surface area contributed by atoms with Crippen LogP contribution in [0.15, 0.2) is 0 Å². The van der Waals surface area contributed by atoms with Gasteiger partial charge in [0.25, 0.3) is 0 Å². The Morgan fingerprint density at radius 3 is 2.48 bits per heavy atom. The van der Waals surface area contributed by atoms with E-state index >= 15 is 0 Å². The molecule has 1 aromatic heterocycles. The van der Waals surface area contributed by atoms with Crippen molar-refractivity contribution >= 4 is 11.8 Å². The number of nitrogens with one attached hydrogen (secondary N) is 2. The SMILES string of the molecule is Cc1nc(N)nc(NCCCCNC(C)(C)C)c1CCCN1CCOCC1. The summed E-state index contributed by atoms with van der Waals surface area (Å²) < 4.78 is 5.42. The summed E-state index contributed by atoms with van der Waals surface area (Å²) in [6.07, 6.45) is 4.30. The van der Waals surface area contributed by atoms with E-state index in [0.717, 1.165) is 83.1 Å². The molecule has 0 radical (unpaired) electrons. The van der Waals surface area contributed by atoms with E-state index in [2.05, 4.69) is 46.3 Å². The quantitative estimate of drug-likeness (QED) is 0.538. The molecule has 0 bridgehead atoms. The van der Waals surface area contributed by atoms with E-state index in [0.29, 0.717) is 5.95 Å². The highest BCUT2D eigenvalue weighted by Crippen LogP contribution is 2.19. The molecule has 7 nitrogen and oxygen atoms in total. The van der Waals surface area contributed by atoms with Gasteiger partial charge in [-0.05, 0) is 66.5 Å². The molecule has 1 aliphatic heterocycles. The molecule has 0 spiro atoms. The highest BCUT2D eigenvalue weighted by Gasteiger charge is 2.13. The third kappa shape index (κ3) is 8.41. The van der Waals surface area contributed by atoms with Crippen molar-refractivity contribution in [1.82, 2.24) is 20.2 Å². The van der Waals surface area contributed by atoms with Crippen LogP contribution in [-0.2, 0) is 11.2 Å². The fraction of sp³-hybridized carbons (Fsp3) is 0.800. The lowest BCUT2D eigenvalue weighted by Gasteiger charge is -2.26. The van der Waals surface area contributed by atoms with Gasteiger partial charge in [-0.3, -0.25) is 4.90 Å². The normalized spacial score (nSPS) is 15.9. The van der Waals surface area contributed by atoms with E-state index < -0.39 is 0 Å². The van der Waals surface area contributed by atoms with E-state index in [4.69, 9.17) is 10.5 Å². The lowest BCUT2D eigenvalue weighted by molar-refractivity contribution is 0.0374. The maximum atomic E-state index is 5.88. The average Bonchev–Trinajstić information content (AvgIpc) is 2.60. The summed E-state index contributed by atoms with van der Waals surface area (Å²) in [7, 11) is 0. The molecule has 0 aliphatic carbocycles. The summed E-state index contributed by atoms with van der Waals surface area (Å²) in [5.41, 5.74) is 8.25. The molecule has 0 aromatic carbocycles. The molecule has 1 saturated heterocycles. The number of nitrogens with two attached hydrogens (primary N) is 1. The van der Waals surface area contributed by atoms with Gasteiger partial charge in [0.1, 0.15) is 5.82 Å². The van der Waals surface area contributed by atoms with Crippen molar-refractivity contribution in [2.45, 2.75) is 58.9 Å². The van der Waals surface area contributed by atoms with Gasteiger partial charge in [-0.25, -0.2) is 4.98 Å². The molecule has 154 valence electrons. The molecule has 7 heteroatoms. The fourth-order valence-corrected chi connectivity index (χ4v) is 3.29. The zero-order chi connectivity index (χ0) is 19.7. The van der Waals surface area contributed by atoms with Crippen molar-refractivity contribution in [2.75, 3.05) is 57.0 Å². The Labute approximate surface area is 164 Å². The number of nitrogens with zero attached hydrogens (tertiary/aromatic N) is 3. The Morgan fingerprint density at radius 1 is 1.07 bits per heavy atom. The van der Waals surface area contributed by atoms with Crippen molar-refractivity contribution in [1.29, 1.82) is 0 Å². The monoisotopic (exact) mass is 378 g/mol. The molecule has 2 rings (SSSR count). The van der Waals surface area contributed by atoms with E-state index in [9.17, 15) is 0 Å². The minimum atomic E-state index is 0.180. The first-order valence-electron chi connectivity index (χ1n) is 10.3. The highest BCUT2D eigenvalue weighted by molar-refractivity contribution is 5.49. The molecule has 0 unspecified atom stereocenters. The average molecular weight is 379 g/mol. The fourth-order valence-electron chi connectivity index (χ4n) is 3.29. The molecule has 1 fully saturated rings. The van der Waals surface area contributed by atoms with Gasteiger partial charge in [-0.2, -0.15) is 4.98 Å². The van der Waals surface area contributed by atoms with Gasteiger partial charge in [-0.15, -0.1) is 0 Å². The zero-order valence-corrected chi connectivity index (χ0v) is 17.6. The summed E-state index contributed by atoms with van der Waals surface area (Å²) in [6.45, 7) is 15.4. The van der Waals surface area contributed by atoms with E-state index in [1.54, 1.807) is 0 Å². The molecule has 2 heterocycles. The van der Waals surface area contributed by atoms with E-state index in [1.165, 1.54) is 5.56 Å². The zero-order valence-electron chi connectivity index (χ0n) is 17.6. The first-order chi connectivity index (χ1) is 12.8. The smallest absolute Gasteiger partial charge is 0.222 e. The molecule has 1 aromatic rings. The number of hydrogen-bond donors (Lipinski definition) is 3. The van der Waals surface area contributed by atoms with Gasteiger partial charge < -0.3 is 21.1 Å². The molecule has 4 N–H and O–H groups in total. The minimum Gasteiger partial charge on any atom is -0.379 e. The lowest BCUT2D eigenvalue weighted by atomic mass is 10.1. The topological polar surface area (TPSA) is 88.3 Å². The number of ether oxygens (including phenoxy) is 1. The van der Waals surface area contributed by atoms with Crippen LogP contribution >= 0.6 is 0 Å². The first kappa shape index (κ1) is 21.9. The van der Waals surface area contributed by atoms with Crippen molar-refractivity contribution in [3.63, 3.8) is 0 Å². The third-order valence-corrected chi connectivity index (χ3v) is 4.79. The number of rotatable bonds is 10. The number of aryl methyl sites for hydroxylation is 1. The maximum absolute atomic E-state index is 5.88. The van der Waals surface area contributed by atoms with Crippen LogP contribution < -0.4 is 16.4 Å². The number of unbranched alkanes of at least 4 members (excludes halogenated alkanes) is 1. The Morgan fingerprint density at radius 2 is 1.78 bits per heavy atom. The standard InChI is InChI=1S/C20H38N6O/c1-16-17(8-7-11-26-12-14-27-15-13-26)18(25-19(21)24-16)22-9-5-6-10-23-20(2,3)4/h23H,5-15H2,1-4H3,(H3,21,22,24,25). The summed E-state index contributed by atoms with van der Waals surface area (Å²) >= 11 is 0. The van der Waals surface area contributed by atoms with Gasteiger partial charge in [0, 0.05) is 36.4 Å². The number of hydrogen-bond acceptors (Lipinski definition) is 7. The van der Waals surface area contributed by atoms with Gasteiger partial charge in [0.05, 0.1) is 13.2 Å². The van der Waals surface area contributed by atoms with Gasteiger partial charge in [0.2, 0.25) is 5.95 Å². The Bertz CT molecular complexity index is 566. The highest BCUT2D eigenvalue weighted by atomic mass is 16.5. The van der Waals surface area contributed by atoms with Crippen LogP contribution in [0.1, 0.15) is 51.3 Å². The maximum Gasteiger partial charge on any atom is 0.222 e. The third-order valence-electron chi connectivity index (χ3n) is 4.79. The lowest BCUT2D eigenvalue weighted by Crippen LogP contribution is -2.37. The molecule has 0 atom stereocenters. The summed E-state index contributed by atoms with van der Waals surface area (Å²) in [6, 6.07) is 0. The summed E-state index contributed by atoms with van der Waals surface area (Å²) in [5, 5.41) is 7.01. The second kappa shape index (κ2) is 10.8. The van der Waals surface area contributed by atoms with Crippen LogP contribution in [0.25, 0.3) is 0 Å². The Balaban J connectivity index is 1.80. The summed E-state index contributed by atoms with van der Waals surface area (Å²) in [4.78, 5) is 11.3. The van der Waals surface area contributed by atoms with Crippen molar-refractivity contribution < 1.29 is 4.74 Å². The minimum absolute atomic E-state index is 0.180.